The van der Waals surface area contributed by atoms with Gasteiger partial charge in [0, 0.05) is 6.08 Å². The zero-order valence-electron chi connectivity index (χ0n) is 9.47. The van der Waals surface area contributed by atoms with Gasteiger partial charge in [-0.1, -0.05) is 38.8 Å². The van der Waals surface area contributed by atoms with Gasteiger partial charge in [-0.25, -0.2) is 4.79 Å². The van der Waals surface area contributed by atoms with E-state index in [0.717, 1.165) is 0 Å². The van der Waals surface area contributed by atoms with Gasteiger partial charge >= 0.3 is 5.97 Å². The second kappa shape index (κ2) is 4.47. The van der Waals surface area contributed by atoms with Gasteiger partial charge in [-0.15, -0.1) is 0 Å². The Bertz CT molecular complexity index is 307. The largest absolute Gasteiger partial charge is 0.463 e. The fraction of sp³-hybridized carbons (Fsp3) is 0.667. The molecule has 1 atom stereocenters. The molecule has 8 heteroatoms. The van der Waals surface area contributed by atoms with E-state index in [4.69, 9.17) is 0 Å². The Balaban J connectivity index is 4.98. The fourth-order valence-electron chi connectivity index (χ4n) is 1.13. The first-order chi connectivity index (χ1) is 7.40. The zero-order chi connectivity index (χ0) is 13.8. The van der Waals surface area contributed by atoms with E-state index in [1.807, 2.05) is 0 Å². The van der Waals surface area contributed by atoms with Gasteiger partial charge in [0.05, 0.1) is 6.61 Å². The van der Waals surface area contributed by atoms with E-state index in [1.54, 1.807) is 0 Å². The second-order valence-corrected chi connectivity index (χ2v) is 6.13. The highest BCUT2D eigenvalue weighted by atomic mass is 32.5. The van der Waals surface area contributed by atoms with Crippen molar-refractivity contribution in [3.05, 3.63) is 12.2 Å². The number of hydrogen-bond acceptors (Lipinski definition) is 2. The predicted octanol–water partition coefficient (Wildman–Crippen LogP) is 4.57. The highest BCUT2D eigenvalue weighted by Gasteiger charge is 2.68. The van der Waals surface area contributed by atoms with Crippen molar-refractivity contribution < 1.29 is 29.0 Å². The van der Waals surface area contributed by atoms with Crippen LogP contribution in [0.3, 0.4) is 0 Å². The molecule has 0 saturated heterocycles. The van der Waals surface area contributed by atoms with Crippen LogP contribution >= 0.6 is 10.2 Å². The van der Waals surface area contributed by atoms with E-state index in [0.29, 0.717) is 6.08 Å². The van der Waals surface area contributed by atoms with Crippen LogP contribution < -0.4 is 0 Å². The predicted molar refractivity (Wildman–Crippen MR) is 57.6 cm³/mol. The lowest BCUT2D eigenvalue weighted by Gasteiger charge is -2.46. The first-order valence-corrected chi connectivity index (χ1v) is 7.00. The van der Waals surface area contributed by atoms with Crippen LogP contribution in [0, 0.1) is 0 Å². The molecule has 0 spiro atoms. The minimum Gasteiger partial charge on any atom is -0.463 e. The van der Waals surface area contributed by atoms with Crippen molar-refractivity contribution in [3.8, 4) is 0 Å². The Labute approximate surface area is 96.5 Å². The van der Waals surface area contributed by atoms with E-state index in [2.05, 4.69) is 4.74 Å². The summed E-state index contributed by atoms with van der Waals surface area (Å²) in [6, 6.07) is 0. The van der Waals surface area contributed by atoms with Crippen molar-refractivity contribution in [2.24, 2.45) is 0 Å². The van der Waals surface area contributed by atoms with Gasteiger partial charge in [0.1, 0.15) is 5.25 Å². The number of ether oxygens (including phenoxy) is 1. The number of esters is 1. The molecule has 0 N–H and O–H groups in total. The van der Waals surface area contributed by atoms with Crippen LogP contribution in [0.25, 0.3) is 0 Å². The molecule has 17 heavy (non-hydrogen) atoms. The monoisotopic (exact) mass is 282 g/mol. The van der Waals surface area contributed by atoms with Crippen LogP contribution in [0.1, 0.15) is 26.7 Å². The van der Waals surface area contributed by atoms with Gasteiger partial charge in [-0.2, -0.15) is 0 Å². The standard InChI is InChI=1S/C9H15F5O2S/c1-3-5-8(17(10,11,12,13)14)6-7-9(15)16-4-2/h6-8H,3-5H2,1-2H3. The third-order valence-corrected chi connectivity index (χ3v) is 3.42. The van der Waals surface area contributed by atoms with Crippen LogP contribution in [-0.4, -0.2) is 17.8 Å². The molecule has 0 saturated carbocycles. The van der Waals surface area contributed by atoms with Gasteiger partial charge in [0.25, 0.3) is 10.2 Å². The third kappa shape index (κ3) is 6.50. The number of halogens is 5. The van der Waals surface area contributed by atoms with Gasteiger partial charge < -0.3 is 4.74 Å². The van der Waals surface area contributed by atoms with E-state index in [9.17, 15) is 24.2 Å². The number of hydrogen-bond donors (Lipinski definition) is 0. The lowest BCUT2D eigenvalue weighted by Crippen LogP contribution is -2.23. The maximum atomic E-state index is 12.5. The van der Waals surface area contributed by atoms with E-state index < -0.39 is 27.9 Å². The summed E-state index contributed by atoms with van der Waals surface area (Å²) in [6.45, 7) is 2.78. The zero-order valence-corrected chi connectivity index (χ0v) is 10.3. The summed E-state index contributed by atoms with van der Waals surface area (Å²) < 4.78 is 66.8. The molecular formula is C9H15F5O2S. The Morgan fingerprint density at radius 2 is 1.76 bits per heavy atom. The van der Waals surface area contributed by atoms with Crippen molar-refractivity contribution >= 4 is 16.2 Å². The van der Waals surface area contributed by atoms with Crippen molar-refractivity contribution in [1.29, 1.82) is 0 Å². The summed E-state index contributed by atoms with van der Waals surface area (Å²) in [5, 5.41) is -2.88. The molecule has 0 aliphatic rings. The van der Waals surface area contributed by atoms with Crippen LogP contribution in [-0.2, 0) is 9.53 Å². The topological polar surface area (TPSA) is 26.3 Å². The van der Waals surface area contributed by atoms with Gasteiger partial charge in [-0.3, -0.25) is 0 Å². The average Bonchev–Trinajstić information content (AvgIpc) is 2.08. The summed E-state index contributed by atoms with van der Waals surface area (Å²) in [5.74, 6) is -1.06. The Hall–Kier alpha value is -0.790. The molecule has 0 aromatic heterocycles. The molecule has 0 amide bonds. The van der Waals surface area contributed by atoms with Crippen molar-refractivity contribution in [2.45, 2.75) is 31.9 Å². The maximum Gasteiger partial charge on any atom is 0.330 e. The van der Waals surface area contributed by atoms with E-state index in [1.165, 1.54) is 13.8 Å². The summed E-state index contributed by atoms with van der Waals surface area (Å²) in [4.78, 5) is 10.8. The number of rotatable bonds is 6. The van der Waals surface area contributed by atoms with Gasteiger partial charge in [0.15, 0.2) is 0 Å². The Morgan fingerprint density at radius 3 is 2.12 bits per heavy atom. The highest BCUT2D eigenvalue weighted by Crippen LogP contribution is 3.00. The van der Waals surface area contributed by atoms with Crippen LogP contribution in [0.4, 0.5) is 19.4 Å². The first-order valence-electron chi connectivity index (χ1n) is 4.98. The molecule has 0 bridgehead atoms. The summed E-state index contributed by atoms with van der Waals surface area (Å²) in [7, 11) is -9.60. The molecular weight excluding hydrogens is 267 g/mol. The molecule has 0 aliphatic heterocycles. The van der Waals surface area contributed by atoms with Crippen molar-refractivity contribution in [1.82, 2.24) is 0 Å². The third-order valence-electron chi connectivity index (χ3n) is 1.88. The van der Waals surface area contributed by atoms with Crippen LogP contribution in [0.2, 0.25) is 0 Å². The highest BCUT2D eigenvalue weighted by molar-refractivity contribution is 8.46. The van der Waals surface area contributed by atoms with Crippen molar-refractivity contribution in [2.75, 3.05) is 6.61 Å². The van der Waals surface area contributed by atoms with Crippen LogP contribution in [0.15, 0.2) is 12.2 Å². The van der Waals surface area contributed by atoms with Crippen LogP contribution in [0.5, 0.6) is 0 Å². The maximum absolute atomic E-state index is 12.5. The molecule has 0 heterocycles. The molecule has 0 radical (unpaired) electrons. The second-order valence-electron chi connectivity index (χ2n) is 3.47. The molecule has 1 unspecified atom stereocenters. The molecule has 104 valence electrons. The summed E-state index contributed by atoms with van der Waals surface area (Å²) >= 11 is 0. The Kier molecular flexibility index (Phi) is 4.26. The van der Waals surface area contributed by atoms with E-state index in [-0.39, 0.29) is 19.1 Å². The molecule has 0 aromatic carbocycles. The SMILES string of the molecule is CCCC(C=CC(=O)OCC)S(F)(F)(F)(F)F. The summed E-state index contributed by atoms with van der Waals surface area (Å²) in [5.41, 5.74) is 0. The van der Waals surface area contributed by atoms with Gasteiger partial charge in [-0.05, 0) is 13.3 Å². The first kappa shape index (κ1) is 16.2. The smallest absolute Gasteiger partial charge is 0.330 e. The lowest BCUT2D eigenvalue weighted by atomic mass is 10.2. The number of carbonyl (C=O) groups excluding carboxylic acids is 1. The molecule has 2 nitrogen and oxygen atoms in total. The molecule has 0 fully saturated rings. The Morgan fingerprint density at radius 1 is 1.24 bits per heavy atom. The average molecular weight is 282 g/mol. The fourth-order valence-corrected chi connectivity index (χ4v) is 2.18. The molecule has 0 aliphatic carbocycles. The quantitative estimate of drug-likeness (QED) is 0.405. The lowest BCUT2D eigenvalue weighted by molar-refractivity contribution is -0.137. The van der Waals surface area contributed by atoms with E-state index >= 15 is 0 Å². The minimum absolute atomic E-state index is 0.0297. The normalized spacial score (nSPS) is 18.5. The minimum atomic E-state index is -9.60. The summed E-state index contributed by atoms with van der Waals surface area (Å²) in [6.07, 6.45) is -0.234. The van der Waals surface area contributed by atoms with Gasteiger partial charge in [0.2, 0.25) is 0 Å². The number of carbonyl (C=O) groups is 1. The molecule has 0 rings (SSSR count). The van der Waals surface area contributed by atoms with Crippen molar-refractivity contribution in [3.63, 3.8) is 0 Å². The molecule has 0 aromatic rings.